The Bertz CT molecular complexity index is 249. The van der Waals surface area contributed by atoms with Crippen molar-refractivity contribution in [2.45, 2.75) is 19.4 Å². The molecule has 2 N–H and O–H groups in total. The van der Waals surface area contributed by atoms with Gasteiger partial charge in [-0.25, -0.2) is 4.79 Å². The monoisotopic (exact) mass is 169 g/mol. The van der Waals surface area contributed by atoms with Gasteiger partial charge in [0.1, 0.15) is 6.04 Å². The van der Waals surface area contributed by atoms with Gasteiger partial charge in [0.05, 0.1) is 5.41 Å². The van der Waals surface area contributed by atoms with Crippen LogP contribution in [0.5, 0.6) is 0 Å². The summed E-state index contributed by atoms with van der Waals surface area (Å²) in [7, 11) is 0. The molecule has 1 aliphatic rings. The number of nitrogens with one attached hydrogen (secondary N) is 1. The van der Waals surface area contributed by atoms with E-state index in [9.17, 15) is 9.59 Å². The van der Waals surface area contributed by atoms with E-state index in [2.05, 4.69) is 11.9 Å². The Labute approximate surface area is 70.3 Å². The normalized spacial score (nSPS) is 33.4. The van der Waals surface area contributed by atoms with E-state index < -0.39 is 17.4 Å². The molecule has 4 nitrogen and oxygen atoms in total. The first-order chi connectivity index (χ1) is 5.52. The minimum atomic E-state index is -0.987. The molecule has 0 aliphatic carbocycles. The van der Waals surface area contributed by atoms with E-state index >= 15 is 0 Å². The maximum atomic E-state index is 11.0. The lowest BCUT2D eigenvalue weighted by Crippen LogP contribution is -2.68. The molecule has 0 aromatic heterocycles. The number of rotatable bonds is 3. The van der Waals surface area contributed by atoms with Crippen LogP contribution in [0.1, 0.15) is 13.3 Å². The summed E-state index contributed by atoms with van der Waals surface area (Å²) in [4.78, 5) is 21.6. The fraction of sp³-hybridized carbons (Fsp3) is 0.500. The van der Waals surface area contributed by atoms with Gasteiger partial charge in [0.2, 0.25) is 5.91 Å². The number of amides is 1. The Kier molecular flexibility index (Phi) is 1.92. The molecule has 0 aromatic rings. The maximum Gasteiger partial charge on any atom is 0.327 e. The molecule has 0 spiro atoms. The summed E-state index contributed by atoms with van der Waals surface area (Å²) in [5, 5.41) is 11.0. The largest absolute Gasteiger partial charge is 0.480 e. The van der Waals surface area contributed by atoms with Gasteiger partial charge in [-0.1, -0.05) is 6.08 Å². The van der Waals surface area contributed by atoms with E-state index in [1.54, 1.807) is 13.0 Å². The molecule has 4 heteroatoms. The van der Waals surface area contributed by atoms with Crippen LogP contribution in [0.15, 0.2) is 12.7 Å². The van der Waals surface area contributed by atoms with Gasteiger partial charge in [-0.15, -0.1) is 6.58 Å². The fourth-order valence-corrected chi connectivity index (χ4v) is 1.35. The first-order valence-corrected chi connectivity index (χ1v) is 3.67. The summed E-state index contributed by atoms with van der Waals surface area (Å²) in [5.41, 5.74) is -0.798. The number of hydrogen-bond donors (Lipinski definition) is 2. The van der Waals surface area contributed by atoms with Crippen LogP contribution in [0.3, 0.4) is 0 Å². The molecular formula is C8H11NO3. The van der Waals surface area contributed by atoms with Crippen molar-refractivity contribution in [3.8, 4) is 0 Å². The maximum absolute atomic E-state index is 11.0. The first-order valence-electron chi connectivity index (χ1n) is 3.67. The van der Waals surface area contributed by atoms with Crippen molar-refractivity contribution in [1.29, 1.82) is 0 Å². The van der Waals surface area contributed by atoms with Crippen LogP contribution >= 0.6 is 0 Å². The number of aliphatic carboxylic acids is 1. The number of carbonyl (C=O) groups is 2. The van der Waals surface area contributed by atoms with Crippen molar-refractivity contribution in [3.63, 3.8) is 0 Å². The predicted molar refractivity (Wildman–Crippen MR) is 42.5 cm³/mol. The second kappa shape index (κ2) is 2.62. The molecule has 0 bridgehead atoms. The Hall–Kier alpha value is -1.32. The number of carbonyl (C=O) groups excluding carboxylic acids is 1. The molecule has 0 radical (unpaired) electrons. The van der Waals surface area contributed by atoms with Crippen LogP contribution < -0.4 is 5.32 Å². The van der Waals surface area contributed by atoms with Gasteiger partial charge >= 0.3 is 5.97 Å². The number of β-lactam (4-membered cyclic amide) rings is 1. The quantitative estimate of drug-likeness (QED) is 0.467. The third kappa shape index (κ3) is 0.995. The van der Waals surface area contributed by atoms with Gasteiger partial charge in [-0.2, -0.15) is 0 Å². The summed E-state index contributed by atoms with van der Waals surface area (Å²) in [5.74, 6) is -1.20. The Morgan fingerprint density at radius 1 is 1.92 bits per heavy atom. The average molecular weight is 169 g/mol. The molecule has 1 heterocycles. The zero-order valence-electron chi connectivity index (χ0n) is 6.83. The van der Waals surface area contributed by atoms with Gasteiger partial charge in [-0.3, -0.25) is 4.79 Å². The van der Waals surface area contributed by atoms with E-state index in [1.165, 1.54) is 0 Å². The molecule has 0 aromatic carbocycles. The highest BCUT2D eigenvalue weighted by Gasteiger charge is 2.54. The van der Waals surface area contributed by atoms with Crippen molar-refractivity contribution in [3.05, 3.63) is 12.7 Å². The average Bonchev–Trinajstić information content (AvgIpc) is 2.00. The smallest absolute Gasteiger partial charge is 0.327 e. The van der Waals surface area contributed by atoms with E-state index in [0.717, 1.165) is 0 Å². The highest BCUT2D eigenvalue weighted by atomic mass is 16.4. The van der Waals surface area contributed by atoms with Gasteiger partial charge in [0.25, 0.3) is 0 Å². The number of allylic oxidation sites excluding steroid dienone is 1. The van der Waals surface area contributed by atoms with Crippen molar-refractivity contribution >= 4 is 11.9 Å². The van der Waals surface area contributed by atoms with E-state index in [4.69, 9.17) is 5.11 Å². The topological polar surface area (TPSA) is 66.4 Å². The van der Waals surface area contributed by atoms with Crippen molar-refractivity contribution in [2.24, 2.45) is 5.41 Å². The Morgan fingerprint density at radius 2 is 2.50 bits per heavy atom. The van der Waals surface area contributed by atoms with Gasteiger partial charge in [0.15, 0.2) is 0 Å². The molecule has 66 valence electrons. The number of carboxylic acid groups (broad SMARTS) is 1. The third-order valence-electron chi connectivity index (χ3n) is 2.25. The summed E-state index contributed by atoms with van der Waals surface area (Å²) in [6, 6.07) is -0.761. The summed E-state index contributed by atoms with van der Waals surface area (Å²) >= 11 is 0. The minimum Gasteiger partial charge on any atom is -0.480 e. The highest BCUT2D eigenvalue weighted by Crippen LogP contribution is 2.34. The van der Waals surface area contributed by atoms with E-state index in [1.807, 2.05) is 0 Å². The third-order valence-corrected chi connectivity index (χ3v) is 2.25. The lowest BCUT2D eigenvalue weighted by Gasteiger charge is -2.42. The molecule has 1 rings (SSSR count). The second-order valence-electron chi connectivity index (χ2n) is 3.15. The van der Waals surface area contributed by atoms with Crippen molar-refractivity contribution in [1.82, 2.24) is 5.32 Å². The van der Waals surface area contributed by atoms with Crippen LogP contribution in [0.25, 0.3) is 0 Å². The van der Waals surface area contributed by atoms with Crippen molar-refractivity contribution in [2.75, 3.05) is 0 Å². The van der Waals surface area contributed by atoms with Gasteiger partial charge in [-0.05, 0) is 13.3 Å². The van der Waals surface area contributed by atoms with Crippen LogP contribution in [-0.2, 0) is 9.59 Å². The van der Waals surface area contributed by atoms with Gasteiger partial charge < -0.3 is 10.4 Å². The molecule has 1 fully saturated rings. The number of carboxylic acids is 1. The molecule has 1 aliphatic heterocycles. The summed E-state index contributed by atoms with van der Waals surface area (Å²) in [6.45, 7) is 5.11. The van der Waals surface area contributed by atoms with Crippen LogP contribution in [0, 0.1) is 5.41 Å². The molecule has 12 heavy (non-hydrogen) atoms. The first kappa shape index (κ1) is 8.77. The number of hydrogen-bond acceptors (Lipinski definition) is 2. The van der Waals surface area contributed by atoms with E-state index in [0.29, 0.717) is 6.42 Å². The molecular weight excluding hydrogens is 158 g/mol. The molecule has 1 saturated heterocycles. The van der Waals surface area contributed by atoms with Crippen LogP contribution in [0.2, 0.25) is 0 Å². The molecule has 1 amide bonds. The Balaban J connectivity index is 2.78. The molecule has 0 unspecified atom stereocenters. The van der Waals surface area contributed by atoms with E-state index in [-0.39, 0.29) is 5.91 Å². The zero-order chi connectivity index (χ0) is 9.35. The van der Waals surface area contributed by atoms with Crippen LogP contribution in [0.4, 0.5) is 0 Å². The highest BCUT2D eigenvalue weighted by molar-refractivity contribution is 5.99. The summed E-state index contributed by atoms with van der Waals surface area (Å²) in [6.07, 6.45) is 1.96. The molecule has 0 saturated carbocycles. The minimum absolute atomic E-state index is 0.213. The lowest BCUT2D eigenvalue weighted by molar-refractivity contribution is -0.160. The second-order valence-corrected chi connectivity index (χ2v) is 3.15. The van der Waals surface area contributed by atoms with Crippen molar-refractivity contribution < 1.29 is 14.7 Å². The summed E-state index contributed by atoms with van der Waals surface area (Å²) < 4.78 is 0. The Morgan fingerprint density at radius 3 is 2.83 bits per heavy atom. The standard InChI is InChI=1S/C8H11NO3/c1-3-4-8(2)5(6(10)11)9-7(8)12/h3,5H,1,4H2,2H3,(H,9,12)(H,10,11)/t5-,8-/m1/s1. The molecule has 2 atom stereocenters. The predicted octanol–water partition coefficient (Wildman–Crippen LogP) is 0.152. The fourth-order valence-electron chi connectivity index (χ4n) is 1.35. The lowest BCUT2D eigenvalue weighted by atomic mass is 9.72. The SMILES string of the molecule is C=CC[C@@]1(C)C(=O)N[C@@H]1C(=O)O. The van der Waals surface area contributed by atoms with Gasteiger partial charge in [0, 0.05) is 0 Å². The zero-order valence-corrected chi connectivity index (χ0v) is 6.83. The van der Waals surface area contributed by atoms with Crippen LogP contribution in [-0.4, -0.2) is 23.0 Å².